The van der Waals surface area contributed by atoms with Crippen LogP contribution in [0.4, 0.5) is 14.6 Å². The molecule has 0 saturated carbocycles. The Balaban J connectivity index is 2.24. The van der Waals surface area contributed by atoms with Crippen LogP contribution in [0.5, 0.6) is 0 Å². The highest BCUT2D eigenvalue weighted by molar-refractivity contribution is 5.89. The first-order chi connectivity index (χ1) is 9.13. The van der Waals surface area contributed by atoms with Gasteiger partial charge in [0.15, 0.2) is 5.82 Å². The number of halogens is 2. The van der Waals surface area contributed by atoms with Gasteiger partial charge in [-0.05, 0) is 30.3 Å². The van der Waals surface area contributed by atoms with E-state index in [0.717, 1.165) is 0 Å². The number of fused-ring (bicyclic) bond motifs is 1. The highest BCUT2D eigenvalue weighted by Gasteiger charge is 2.08. The van der Waals surface area contributed by atoms with E-state index in [-0.39, 0.29) is 11.6 Å². The lowest BCUT2D eigenvalue weighted by Gasteiger charge is -2.05. The summed E-state index contributed by atoms with van der Waals surface area (Å²) in [5.74, 6) is -0.292. The lowest BCUT2D eigenvalue weighted by Crippen LogP contribution is -1.98. The standard InChI is InChI=1S/C14H9F2N3/c15-9-3-1-2-8(6-9)14-18-12-5-4-10(16)7-11(12)13(17)19-14/h1-7H,(H2,17,18,19). The van der Waals surface area contributed by atoms with Gasteiger partial charge in [-0.25, -0.2) is 18.7 Å². The van der Waals surface area contributed by atoms with Crippen molar-refractivity contribution >= 4 is 16.7 Å². The first-order valence-electron chi connectivity index (χ1n) is 5.62. The molecule has 0 unspecified atom stereocenters. The van der Waals surface area contributed by atoms with Gasteiger partial charge in [0.25, 0.3) is 0 Å². The summed E-state index contributed by atoms with van der Waals surface area (Å²) in [5, 5.41) is 0.445. The summed E-state index contributed by atoms with van der Waals surface area (Å²) in [6.07, 6.45) is 0. The first kappa shape index (κ1) is 11.5. The molecule has 3 aromatic rings. The summed E-state index contributed by atoms with van der Waals surface area (Å²) in [7, 11) is 0. The molecule has 5 heteroatoms. The van der Waals surface area contributed by atoms with Gasteiger partial charge in [-0.1, -0.05) is 12.1 Å². The van der Waals surface area contributed by atoms with Crippen molar-refractivity contribution in [3.05, 3.63) is 54.1 Å². The van der Waals surface area contributed by atoms with E-state index in [1.54, 1.807) is 12.1 Å². The fourth-order valence-electron chi connectivity index (χ4n) is 1.88. The van der Waals surface area contributed by atoms with Gasteiger partial charge in [-0.2, -0.15) is 0 Å². The van der Waals surface area contributed by atoms with E-state index in [1.807, 2.05) is 0 Å². The molecule has 19 heavy (non-hydrogen) atoms. The van der Waals surface area contributed by atoms with Crippen molar-refractivity contribution in [2.24, 2.45) is 0 Å². The fraction of sp³-hybridized carbons (Fsp3) is 0. The number of anilines is 1. The summed E-state index contributed by atoms with van der Waals surface area (Å²) in [4.78, 5) is 8.35. The molecule has 0 fully saturated rings. The van der Waals surface area contributed by atoms with E-state index >= 15 is 0 Å². The predicted octanol–water partition coefficient (Wildman–Crippen LogP) is 3.16. The normalized spacial score (nSPS) is 10.8. The maximum atomic E-state index is 13.2. The van der Waals surface area contributed by atoms with Crippen LogP contribution < -0.4 is 5.73 Å². The van der Waals surface area contributed by atoms with E-state index in [4.69, 9.17) is 5.73 Å². The molecule has 0 saturated heterocycles. The van der Waals surface area contributed by atoms with Crippen molar-refractivity contribution in [3.63, 3.8) is 0 Å². The van der Waals surface area contributed by atoms with Gasteiger partial charge in [-0.15, -0.1) is 0 Å². The SMILES string of the molecule is Nc1nc(-c2cccc(F)c2)nc2ccc(F)cc12. The molecule has 3 rings (SSSR count). The molecule has 2 aromatic carbocycles. The molecule has 3 nitrogen and oxygen atoms in total. The molecule has 0 aliphatic carbocycles. The Morgan fingerprint density at radius 2 is 1.68 bits per heavy atom. The third-order valence-corrected chi connectivity index (χ3v) is 2.77. The molecule has 0 bridgehead atoms. The van der Waals surface area contributed by atoms with Gasteiger partial charge in [0.05, 0.1) is 5.52 Å². The average molecular weight is 257 g/mol. The third kappa shape index (κ3) is 2.10. The number of nitrogens with two attached hydrogens (primary N) is 1. The minimum atomic E-state index is -0.402. The Kier molecular flexibility index (Phi) is 2.59. The van der Waals surface area contributed by atoms with Crippen molar-refractivity contribution in [1.82, 2.24) is 9.97 Å². The largest absolute Gasteiger partial charge is 0.383 e. The molecule has 1 aromatic heterocycles. The van der Waals surface area contributed by atoms with Gasteiger partial charge in [0.1, 0.15) is 17.5 Å². The predicted molar refractivity (Wildman–Crippen MR) is 69.3 cm³/mol. The smallest absolute Gasteiger partial charge is 0.162 e. The van der Waals surface area contributed by atoms with Crippen LogP contribution >= 0.6 is 0 Å². The number of aromatic nitrogens is 2. The molecule has 0 aliphatic heterocycles. The molecule has 0 atom stereocenters. The minimum Gasteiger partial charge on any atom is -0.383 e. The van der Waals surface area contributed by atoms with Crippen LogP contribution in [-0.2, 0) is 0 Å². The Bertz CT molecular complexity index is 772. The first-order valence-corrected chi connectivity index (χ1v) is 5.62. The van der Waals surface area contributed by atoms with Crippen LogP contribution in [0.1, 0.15) is 0 Å². The maximum absolute atomic E-state index is 13.2. The fourth-order valence-corrected chi connectivity index (χ4v) is 1.88. The van der Waals surface area contributed by atoms with Gasteiger partial charge < -0.3 is 5.73 Å². The second-order valence-electron chi connectivity index (χ2n) is 4.10. The zero-order valence-corrected chi connectivity index (χ0v) is 9.77. The van der Waals surface area contributed by atoms with Crippen LogP contribution in [0.2, 0.25) is 0 Å². The highest BCUT2D eigenvalue weighted by Crippen LogP contribution is 2.24. The van der Waals surface area contributed by atoms with Crippen LogP contribution in [0.25, 0.3) is 22.3 Å². The van der Waals surface area contributed by atoms with Crippen molar-refractivity contribution in [1.29, 1.82) is 0 Å². The lowest BCUT2D eigenvalue weighted by atomic mass is 10.2. The van der Waals surface area contributed by atoms with Gasteiger partial charge in [0, 0.05) is 10.9 Å². The van der Waals surface area contributed by atoms with E-state index in [1.165, 1.54) is 30.3 Å². The van der Waals surface area contributed by atoms with Crippen molar-refractivity contribution in [2.75, 3.05) is 5.73 Å². The quantitative estimate of drug-likeness (QED) is 0.728. The van der Waals surface area contributed by atoms with Crippen LogP contribution in [0.3, 0.4) is 0 Å². The number of rotatable bonds is 1. The Morgan fingerprint density at radius 3 is 2.47 bits per heavy atom. The molecule has 94 valence electrons. The zero-order chi connectivity index (χ0) is 13.4. The van der Waals surface area contributed by atoms with Crippen LogP contribution in [0.15, 0.2) is 42.5 Å². The van der Waals surface area contributed by atoms with Crippen molar-refractivity contribution < 1.29 is 8.78 Å². The minimum absolute atomic E-state index is 0.170. The van der Waals surface area contributed by atoms with Crippen LogP contribution in [0, 0.1) is 11.6 Å². The Morgan fingerprint density at radius 1 is 0.895 bits per heavy atom. The molecular formula is C14H9F2N3. The molecule has 0 spiro atoms. The summed E-state index contributed by atoms with van der Waals surface area (Å²) < 4.78 is 26.3. The number of hydrogen-bond donors (Lipinski definition) is 1. The highest BCUT2D eigenvalue weighted by atomic mass is 19.1. The Labute approximate surface area is 107 Å². The van der Waals surface area contributed by atoms with Crippen LogP contribution in [-0.4, -0.2) is 9.97 Å². The monoisotopic (exact) mass is 257 g/mol. The van der Waals surface area contributed by atoms with E-state index in [2.05, 4.69) is 9.97 Å². The van der Waals surface area contributed by atoms with E-state index in [9.17, 15) is 8.78 Å². The third-order valence-electron chi connectivity index (χ3n) is 2.77. The maximum Gasteiger partial charge on any atom is 0.162 e. The molecule has 0 aliphatic rings. The second kappa shape index (κ2) is 4.28. The lowest BCUT2D eigenvalue weighted by molar-refractivity contribution is 0.628. The number of nitrogen functional groups attached to an aromatic ring is 1. The van der Waals surface area contributed by atoms with E-state index in [0.29, 0.717) is 22.3 Å². The van der Waals surface area contributed by atoms with E-state index < -0.39 is 5.82 Å². The second-order valence-corrected chi connectivity index (χ2v) is 4.10. The molecular weight excluding hydrogens is 248 g/mol. The molecule has 0 amide bonds. The van der Waals surface area contributed by atoms with Gasteiger partial charge in [-0.3, -0.25) is 0 Å². The summed E-state index contributed by atoms with van der Waals surface area (Å²) >= 11 is 0. The number of benzene rings is 2. The molecule has 1 heterocycles. The molecule has 2 N–H and O–H groups in total. The van der Waals surface area contributed by atoms with Crippen molar-refractivity contribution in [3.8, 4) is 11.4 Å². The Hall–Kier alpha value is -2.56. The average Bonchev–Trinajstić information content (AvgIpc) is 2.39. The molecule has 0 radical (unpaired) electrons. The topological polar surface area (TPSA) is 51.8 Å². The number of nitrogens with zero attached hydrogens (tertiary/aromatic N) is 2. The summed E-state index contributed by atoms with van der Waals surface area (Å²) in [5.41, 5.74) is 6.84. The van der Waals surface area contributed by atoms with Gasteiger partial charge >= 0.3 is 0 Å². The van der Waals surface area contributed by atoms with Crippen molar-refractivity contribution in [2.45, 2.75) is 0 Å². The summed E-state index contributed by atoms with van der Waals surface area (Å²) in [6.45, 7) is 0. The number of hydrogen-bond acceptors (Lipinski definition) is 3. The summed E-state index contributed by atoms with van der Waals surface area (Å²) in [6, 6.07) is 10.0. The van der Waals surface area contributed by atoms with Gasteiger partial charge in [0.2, 0.25) is 0 Å². The zero-order valence-electron chi connectivity index (χ0n) is 9.77.